The summed E-state index contributed by atoms with van der Waals surface area (Å²) in [5.74, 6) is -1.52. The summed E-state index contributed by atoms with van der Waals surface area (Å²) in [6.07, 6.45) is 2.35. The van der Waals surface area contributed by atoms with Gasteiger partial charge in [-0.15, -0.1) is 11.3 Å². The normalized spacial score (nSPS) is 18.1. The lowest BCUT2D eigenvalue weighted by atomic mass is 9.86. The highest BCUT2D eigenvalue weighted by molar-refractivity contribution is 7.17. The molecule has 2 heterocycles. The van der Waals surface area contributed by atoms with Gasteiger partial charge in [0, 0.05) is 18.3 Å². The van der Waals surface area contributed by atoms with Gasteiger partial charge in [0.05, 0.1) is 22.7 Å². The van der Waals surface area contributed by atoms with E-state index in [2.05, 4.69) is 5.32 Å². The van der Waals surface area contributed by atoms with Crippen LogP contribution >= 0.6 is 11.3 Å². The van der Waals surface area contributed by atoms with Crippen molar-refractivity contribution in [2.45, 2.75) is 51.8 Å². The third-order valence-electron chi connectivity index (χ3n) is 6.48. The maximum absolute atomic E-state index is 13.3. The van der Waals surface area contributed by atoms with Gasteiger partial charge >= 0.3 is 5.97 Å². The molecular formula is C25H29N3O5S. The van der Waals surface area contributed by atoms with Gasteiger partial charge in [-0.05, 0) is 67.8 Å². The summed E-state index contributed by atoms with van der Waals surface area (Å²) in [6, 6.07) is 10.9. The van der Waals surface area contributed by atoms with Crippen LogP contribution in [0.25, 0.3) is 10.2 Å². The zero-order valence-electron chi connectivity index (χ0n) is 19.1. The van der Waals surface area contributed by atoms with Gasteiger partial charge in [0.2, 0.25) is 5.91 Å². The Morgan fingerprint density at radius 3 is 2.59 bits per heavy atom. The van der Waals surface area contributed by atoms with Gasteiger partial charge in [-0.2, -0.15) is 0 Å². The van der Waals surface area contributed by atoms with Gasteiger partial charge in [-0.25, -0.2) is 0 Å². The SMILES string of the molecule is CCN(C(=O)Cn1c(C(=O)N[C@H]2CC[C@H](C(=O)O)CC2)cc2sccc21)c1cccc(CO)c1. The molecule has 1 saturated carbocycles. The molecule has 3 aromatic rings. The van der Waals surface area contributed by atoms with Crippen LogP contribution in [0.15, 0.2) is 41.8 Å². The highest BCUT2D eigenvalue weighted by Gasteiger charge is 2.28. The molecule has 0 saturated heterocycles. The van der Waals surface area contributed by atoms with Crippen LogP contribution in [0.1, 0.15) is 48.7 Å². The second-order valence-electron chi connectivity index (χ2n) is 8.61. The van der Waals surface area contributed by atoms with Crippen molar-refractivity contribution in [3.05, 3.63) is 53.0 Å². The molecule has 1 aliphatic carbocycles. The summed E-state index contributed by atoms with van der Waals surface area (Å²) in [4.78, 5) is 39.4. The van der Waals surface area contributed by atoms with E-state index in [0.717, 1.165) is 15.8 Å². The number of fused-ring (bicyclic) bond motifs is 1. The molecule has 0 spiro atoms. The van der Waals surface area contributed by atoms with Crippen molar-refractivity contribution in [2.75, 3.05) is 11.4 Å². The number of aromatic nitrogens is 1. The van der Waals surface area contributed by atoms with Crippen LogP contribution in [-0.4, -0.2) is 45.2 Å². The van der Waals surface area contributed by atoms with Crippen molar-refractivity contribution in [1.82, 2.24) is 9.88 Å². The van der Waals surface area contributed by atoms with Gasteiger partial charge in [-0.1, -0.05) is 12.1 Å². The van der Waals surface area contributed by atoms with Crippen LogP contribution < -0.4 is 10.2 Å². The van der Waals surface area contributed by atoms with Gasteiger partial charge in [-0.3, -0.25) is 14.4 Å². The van der Waals surface area contributed by atoms with Crippen molar-refractivity contribution >= 4 is 45.0 Å². The van der Waals surface area contributed by atoms with Crippen LogP contribution in [0.5, 0.6) is 0 Å². The molecule has 0 aliphatic heterocycles. The first-order valence-corrected chi connectivity index (χ1v) is 12.4. The number of carboxylic acid groups (broad SMARTS) is 1. The summed E-state index contributed by atoms with van der Waals surface area (Å²) in [5, 5.41) is 23.6. The minimum absolute atomic E-state index is 0.00589. The maximum atomic E-state index is 13.3. The molecule has 9 heteroatoms. The topological polar surface area (TPSA) is 112 Å². The fourth-order valence-electron chi connectivity index (χ4n) is 4.63. The Hall–Kier alpha value is -3.17. The molecule has 8 nitrogen and oxygen atoms in total. The summed E-state index contributed by atoms with van der Waals surface area (Å²) in [6.45, 7) is 2.24. The number of carboxylic acids is 1. The van der Waals surface area contributed by atoms with Crippen molar-refractivity contribution < 1.29 is 24.6 Å². The molecule has 4 rings (SSSR count). The Morgan fingerprint density at radius 1 is 1.15 bits per heavy atom. The predicted octanol–water partition coefficient (Wildman–Crippen LogP) is 3.62. The van der Waals surface area contributed by atoms with Gasteiger partial charge in [0.15, 0.2) is 0 Å². The highest BCUT2D eigenvalue weighted by atomic mass is 32.1. The van der Waals surface area contributed by atoms with Crippen molar-refractivity contribution in [1.29, 1.82) is 0 Å². The molecule has 180 valence electrons. The average Bonchev–Trinajstić information content (AvgIpc) is 3.43. The quantitative estimate of drug-likeness (QED) is 0.453. The van der Waals surface area contributed by atoms with Crippen LogP contribution in [0.2, 0.25) is 0 Å². The van der Waals surface area contributed by atoms with Crippen LogP contribution in [-0.2, 0) is 22.7 Å². The lowest BCUT2D eigenvalue weighted by Gasteiger charge is -2.27. The van der Waals surface area contributed by atoms with Crippen LogP contribution in [0.3, 0.4) is 0 Å². The lowest BCUT2D eigenvalue weighted by Crippen LogP contribution is -2.40. The third kappa shape index (κ3) is 5.00. The first-order valence-electron chi connectivity index (χ1n) is 11.5. The lowest BCUT2D eigenvalue weighted by molar-refractivity contribution is -0.142. The number of carbonyl (C=O) groups is 3. The molecule has 1 aromatic carbocycles. The second-order valence-corrected chi connectivity index (χ2v) is 9.56. The Morgan fingerprint density at radius 2 is 1.91 bits per heavy atom. The number of carbonyl (C=O) groups excluding carboxylic acids is 2. The Balaban J connectivity index is 1.53. The van der Waals surface area contributed by atoms with E-state index in [0.29, 0.717) is 43.6 Å². The molecule has 0 bridgehead atoms. The predicted molar refractivity (Wildman–Crippen MR) is 131 cm³/mol. The molecule has 1 aliphatic rings. The number of benzene rings is 1. The molecule has 3 N–H and O–H groups in total. The number of anilines is 1. The third-order valence-corrected chi connectivity index (χ3v) is 7.34. The van der Waals surface area contributed by atoms with E-state index < -0.39 is 5.97 Å². The maximum Gasteiger partial charge on any atom is 0.306 e. The Labute approximate surface area is 201 Å². The minimum Gasteiger partial charge on any atom is -0.481 e. The molecule has 2 amide bonds. The fourth-order valence-corrected chi connectivity index (χ4v) is 5.45. The molecule has 0 radical (unpaired) electrons. The van der Waals surface area contributed by atoms with Crippen molar-refractivity contribution in [3.63, 3.8) is 0 Å². The first kappa shape index (κ1) is 24.0. The van der Waals surface area contributed by atoms with E-state index >= 15 is 0 Å². The Bertz CT molecular complexity index is 1190. The first-order chi connectivity index (χ1) is 16.4. The molecule has 0 unspecified atom stereocenters. The number of hydrogen-bond donors (Lipinski definition) is 3. The number of likely N-dealkylation sites (N-methyl/N-ethyl adjacent to an activating group) is 1. The number of aliphatic carboxylic acids is 1. The van der Waals surface area contributed by atoms with E-state index in [1.807, 2.05) is 36.6 Å². The van der Waals surface area contributed by atoms with Gasteiger partial charge in [0.1, 0.15) is 12.2 Å². The molecule has 34 heavy (non-hydrogen) atoms. The number of nitrogens with one attached hydrogen (secondary N) is 1. The largest absolute Gasteiger partial charge is 0.481 e. The monoisotopic (exact) mass is 483 g/mol. The van der Waals surface area contributed by atoms with Gasteiger partial charge < -0.3 is 25.0 Å². The van der Waals surface area contributed by atoms with Crippen LogP contribution in [0.4, 0.5) is 5.69 Å². The minimum atomic E-state index is -0.776. The molecule has 0 atom stereocenters. The number of aliphatic hydroxyl groups is 1. The summed E-state index contributed by atoms with van der Waals surface area (Å²) < 4.78 is 2.68. The van der Waals surface area contributed by atoms with E-state index in [-0.39, 0.29) is 36.9 Å². The zero-order chi connectivity index (χ0) is 24.2. The van der Waals surface area contributed by atoms with Crippen LogP contribution in [0, 0.1) is 5.92 Å². The fraction of sp³-hybridized carbons (Fsp3) is 0.400. The molecule has 1 fully saturated rings. The van der Waals surface area contributed by atoms with Gasteiger partial charge in [0.25, 0.3) is 5.91 Å². The van der Waals surface area contributed by atoms with E-state index in [9.17, 15) is 24.6 Å². The number of aliphatic hydroxyl groups excluding tert-OH is 1. The van der Waals surface area contributed by atoms with E-state index in [1.54, 1.807) is 21.6 Å². The molecular weight excluding hydrogens is 454 g/mol. The standard InChI is InChI=1S/C25H29N3O5S/c1-2-27(19-5-3-4-16(12-19)15-29)23(30)14-28-20-10-11-34-22(20)13-21(28)24(31)26-18-8-6-17(7-9-18)25(32)33/h3-5,10-13,17-18,29H,2,6-9,14-15H2,1H3,(H,26,31)(H,32,33)/t17-,18-. The second kappa shape index (κ2) is 10.4. The van der Waals surface area contributed by atoms with E-state index in [1.165, 1.54) is 11.3 Å². The van der Waals surface area contributed by atoms with Crippen molar-refractivity contribution in [2.24, 2.45) is 5.92 Å². The number of rotatable bonds is 8. The summed E-state index contributed by atoms with van der Waals surface area (Å²) in [7, 11) is 0. The van der Waals surface area contributed by atoms with Crippen molar-refractivity contribution in [3.8, 4) is 0 Å². The average molecular weight is 484 g/mol. The Kier molecular flexibility index (Phi) is 7.33. The number of thiophene rings is 1. The molecule has 2 aromatic heterocycles. The number of hydrogen-bond acceptors (Lipinski definition) is 5. The number of nitrogens with zero attached hydrogens (tertiary/aromatic N) is 2. The zero-order valence-corrected chi connectivity index (χ0v) is 19.9. The summed E-state index contributed by atoms with van der Waals surface area (Å²) in [5.41, 5.74) is 2.69. The van der Waals surface area contributed by atoms with E-state index in [4.69, 9.17) is 0 Å². The number of amides is 2. The highest BCUT2D eigenvalue weighted by Crippen LogP contribution is 2.28. The smallest absolute Gasteiger partial charge is 0.306 e. The summed E-state index contributed by atoms with van der Waals surface area (Å²) >= 11 is 1.51.